The summed E-state index contributed by atoms with van der Waals surface area (Å²) in [4.78, 5) is 4.72. The summed E-state index contributed by atoms with van der Waals surface area (Å²) in [5.41, 5.74) is 8.29. The van der Waals surface area contributed by atoms with Gasteiger partial charge in [0, 0.05) is 17.8 Å². The van der Waals surface area contributed by atoms with Gasteiger partial charge in [-0.1, -0.05) is 72.3 Å². The molecule has 4 aromatic rings. The quantitative estimate of drug-likeness (QED) is 0.206. The van der Waals surface area contributed by atoms with E-state index in [0.717, 1.165) is 23.2 Å². The second-order valence-electron chi connectivity index (χ2n) is 10.1. The van der Waals surface area contributed by atoms with E-state index in [1.54, 1.807) is 7.11 Å². The number of fused-ring (bicyclic) bond motifs is 3. The van der Waals surface area contributed by atoms with E-state index in [0.29, 0.717) is 29.9 Å². The van der Waals surface area contributed by atoms with Crippen molar-refractivity contribution in [3.05, 3.63) is 131 Å². The minimum absolute atomic E-state index is 0.288. The Labute approximate surface area is 224 Å². The van der Waals surface area contributed by atoms with Crippen LogP contribution in [0.1, 0.15) is 46.2 Å². The van der Waals surface area contributed by atoms with Crippen LogP contribution in [0.25, 0.3) is 0 Å². The van der Waals surface area contributed by atoms with Crippen LogP contribution in [0.15, 0.2) is 108 Å². The third-order valence-electron chi connectivity index (χ3n) is 7.56. The van der Waals surface area contributed by atoms with Crippen molar-refractivity contribution in [2.75, 3.05) is 12.4 Å². The highest BCUT2D eigenvalue weighted by Crippen LogP contribution is 2.50. The molecule has 2 aliphatic rings. The first-order valence-corrected chi connectivity index (χ1v) is 13.2. The molecule has 4 nitrogen and oxygen atoms in total. The lowest BCUT2D eigenvalue weighted by Crippen LogP contribution is -2.29. The lowest BCUT2D eigenvalue weighted by Gasteiger charge is -2.37. The summed E-state index contributed by atoms with van der Waals surface area (Å²) in [6.45, 7) is 2.67. The summed E-state index contributed by atoms with van der Waals surface area (Å²) < 4.78 is 11.6. The zero-order valence-electron chi connectivity index (χ0n) is 21.8. The molecule has 0 bridgehead atoms. The number of hydrogen-bond acceptors (Lipinski definition) is 4. The van der Waals surface area contributed by atoms with Gasteiger partial charge in [0.15, 0.2) is 11.5 Å². The van der Waals surface area contributed by atoms with Crippen LogP contribution in [-0.2, 0) is 6.61 Å². The van der Waals surface area contributed by atoms with Gasteiger partial charge in [0.05, 0.1) is 18.8 Å². The van der Waals surface area contributed by atoms with Crippen molar-refractivity contribution in [3.63, 3.8) is 0 Å². The van der Waals surface area contributed by atoms with E-state index in [4.69, 9.17) is 14.5 Å². The molecule has 38 heavy (non-hydrogen) atoms. The highest BCUT2D eigenvalue weighted by atomic mass is 16.5. The normalized spacial score (nSPS) is 19.6. The molecule has 0 spiro atoms. The van der Waals surface area contributed by atoms with Gasteiger partial charge in [-0.15, -0.1) is 0 Å². The third-order valence-corrected chi connectivity index (χ3v) is 7.56. The summed E-state index contributed by atoms with van der Waals surface area (Å²) >= 11 is 0. The van der Waals surface area contributed by atoms with Crippen molar-refractivity contribution >= 4 is 17.6 Å². The summed E-state index contributed by atoms with van der Waals surface area (Å²) in [5.74, 6) is 2.42. The number of nitrogens with one attached hydrogen (secondary N) is 1. The molecule has 0 aromatic heterocycles. The Morgan fingerprint density at radius 3 is 2.58 bits per heavy atom. The molecule has 0 saturated heterocycles. The molecule has 190 valence electrons. The number of allylic oxidation sites excluding steroid dienone is 2. The molecule has 4 aromatic carbocycles. The molecule has 0 radical (unpaired) electrons. The van der Waals surface area contributed by atoms with Gasteiger partial charge >= 0.3 is 0 Å². The predicted molar refractivity (Wildman–Crippen MR) is 155 cm³/mol. The molecule has 1 aliphatic heterocycles. The monoisotopic (exact) mass is 500 g/mol. The van der Waals surface area contributed by atoms with E-state index >= 15 is 0 Å². The van der Waals surface area contributed by atoms with Crippen LogP contribution in [0.4, 0.5) is 11.4 Å². The Morgan fingerprint density at radius 2 is 1.76 bits per heavy atom. The summed E-state index contributed by atoms with van der Waals surface area (Å²) in [6, 6.07) is 31.7. The van der Waals surface area contributed by atoms with E-state index in [9.17, 15) is 0 Å². The number of hydrogen-bond donors (Lipinski definition) is 1. The third kappa shape index (κ3) is 4.95. The maximum Gasteiger partial charge on any atom is 0.161 e. The van der Waals surface area contributed by atoms with E-state index in [-0.39, 0.29) is 6.04 Å². The van der Waals surface area contributed by atoms with Gasteiger partial charge in [-0.2, -0.15) is 0 Å². The molecular formula is C34H32N2O2. The highest BCUT2D eigenvalue weighted by Gasteiger charge is 2.37. The Balaban J connectivity index is 1.15. The van der Waals surface area contributed by atoms with E-state index in [2.05, 4.69) is 66.9 Å². The smallest absolute Gasteiger partial charge is 0.161 e. The maximum absolute atomic E-state index is 5.98. The van der Waals surface area contributed by atoms with Crippen LogP contribution in [0, 0.1) is 12.8 Å². The maximum atomic E-state index is 5.98. The standard InChI is InChI=1S/C34H32N2O2/c1-23-11-17-31-30(19-23)28-9-6-10-29(28)34(36-31)26-13-15-27(16-14-26)35-21-25-12-18-32(33(20-25)37-2)38-22-24-7-4-3-5-8-24/h3-9,11-21,28-29,34,36H,10,22H2,1-2H3/t28-,29-,34+/m1/s1. The van der Waals surface area contributed by atoms with Crippen LogP contribution >= 0.6 is 0 Å². The predicted octanol–water partition coefficient (Wildman–Crippen LogP) is 8.16. The summed E-state index contributed by atoms with van der Waals surface area (Å²) in [5, 5.41) is 3.82. The van der Waals surface area contributed by atoms with Crippen molar-refractivity contribution in [2.45, 2.75) is 31.9 Å². The van der Waals surface area contributed by atoms with Gasteiger partial charge < -0.3 is 14.8 Å². The fraction of sp³-hybridized carbons (Fsp3) is 0.206. The van der Waals surface area contributed by atoms with E-state index in [1.165, 1.54) is 22.4 Å². The number of anilines is 1. The Hall–Kier alpha value is -4.31. The minimum Gasteiger partial charge on any atom is -0.493 e. The first kappa shape index (κ1) is 24.1. The SMILES string of the molecule is COc1cc(C=Nc2ccc([C@@H]3Nc4ccc(C)cc4[C@@H]4C=CC[C@H]43)cc2)ccc1OCc1ccccc1. The molecule has 1 heterocycles. The van der Waals surface area contributed by atoms with Crippen LogP contribution in [0.3, 0.4) is 0 Å². The molecule has 6 rings (SSSR count). The van der Waals surface area contributed by atoms with E-state index in [1.807, 2.05) is 54.7 Å². The van der Waals surface area contributed by atoms with Gasteiger partial charge in [0.2, 0.25) is 0 Å². The molecule has 4 heteroatoms. The van der Waals surface area contributed by atoms with Crippen molar-refractivity contribution in [2.24, 2.45) is 10.9 Å². The number of ether oxygens (including phenoxy) is 2. The van der Waals surface area contributed by atoms with E-state index < -0.39 is 0 Å². The van der Waals surface area contributed by atoms with Crippen molar-refractivity contribution in [1.82, 2.24) is 0 Å². The lowest BCUT2D eigenvalue weighted by molar-refractivity contribution is 0.284. The largest absolute Gasteiger partial charge is 0.493 e. The minimum atomic E-state index is 0.288. The van der Waals surface area contributed by atoms with Crippen LogP contribution in [-0.4, -0.2) is 13.3 Å². The lowest BCUT2D eigenvalue weighted by atomic mass is 9.76. The zero-order valence-corrected chi connectivity index (χ0v) is 21.8. The first-order chi connectivity index (χ1) is 18.7. The van der Waals surface area contributed by atoms with Gasteiger partial charge in [-0.25, -0.2) is 0 Å². The number of benzene rings is 4. The summed E-state index contributed by atoms with van der Waals surface area (Å²) in [6.07, 6.45) is 7.70. The van der Waals surface area contributed by atoms with Crippen molar-refractivity contribution < 1.29 is 9.47 Å². The molecule has 0 fully saturated rings. The topological polar surface area (TPSA) is 42.8 Å². The van der Waals surface area contributed by atoms with Crippen molar-refractivity contribution in [1.29, 1.82) is 0 Å². The summed E-state index contributed by atoms with van der Waals surface area (Å²) in [7, 11) is 1.66. The number of nitrogens with zero attached hydrogens (tertiary/aromatic N) is 1. The second-order valence-corrected chi connectivity index (χ2v) is 10.1. The molecule has 3 atom stereocenters. The average molecular weight is 501 g/mol. The second kappa shape index (κ2) is 10.6. The van der Waals surface area contributed by atoms with Gasteiger partial charge in [-0.05, 0) is 77.9 Å². The van der Waals surface area contributed by atoms with Crippen LogP contribution < -0.4 is 14.8 Å². The molecule has 1 aliphatic carbocycles. The van der Waals surface area contributed by atoms with Crippen molar-refractivity contribution in [3.8, 4) is 11.5 Å². The van der Waals surface area contributed by atoms with Gasteiger partial charge in [-0.3, -0.25) is 4.99 Å². The zero-order chi connectivity index (χ0) is 25.9. The highest BCUT2D eigenvalue weighted by molar-refractivity contribution is 5.83. The van der Waals surface area contributed by atoms with Crippen LogP contribution in [0.2, 0.25) is 0 Å². The fourth-order valence-electron chi connectivity index (χ4n) is 5.58. The molecule has 0 saturated carbocycles. The Morgan fingerprint density at radius 1 is 0.921 bits per heavy atom. The number of aliphatic imine (C=N–C) groups is 1. The Bertz CT molecular complexity index is 1470. The molecule has 1 N–H and O–H groups in total. The molecule has 0 unspecified atom stereocenters. The fourth-order valence-corrected chi connectivity index (χ4v) is 5.58. The molecular weight excluding hydrogens is 468 g/mol. The Kier molecular flexibility index (Phi) is 6.70. The first-order valence-electron chi connectivity index (χ1n) is 13.2. The number of methoxy groups -OCH3 is 1. The molecule has 0 amide bonds. The average Bonchev–Trinajstić information content (AvgIpc) is 3.46. The number of rotatable bonds is 7. The van der Waals surface area contributed by atoms with Gasteiger partial charge in [0.25, 0.3) is 0 Å². The van der Waals surface area contributed by atoms with Crippen LogP contribution in [0.5, 0.6) is 11.5 Å². The van der Waals surface area contributed by atoms with Gasteiger partial charge in [0.1, 0.15) is 6.61 Å². The number of aryl methyl sites for hydroxylation is 1.